The van der Waals surface area contributed by atoms with Crippen LogP contribution in [0.3, 0.4) is 0 Å². The maximum absolute atomic E-state index is 12.8. The molecule has 0 aromatic heterocycles. The van der Waals surface area contributed by atoms with Crippen molar-refractivity contribution < 1.29 is 39.0 Å². The molecule has 4 unspecified atom stereocenters. The molecular formula is C19H33N5O8S. The summed E-state index contributed by atoms with van der Waals surface area (Å²) in [6.45, 7) is 3.31. The second kappa shape index (κ2) is 15.1. The lowest BCUT2D eigenvalue weighted by molar-refractivity contribution is -0.147. The van der Waals surface area contributed by atoms with Crippen molar-refractivity contribution in [3.8, 4) is 0 Å². The van der Waals surface area contributed by atoms with E-state index in [0.29, 0.717) is 5.75 Å². The minimum Gasteiger partial charge on any atom is -0.481 e. The van der Waals surface area contributed by atoms with Gasteiger partial charge < -0.3 is 37.6 Å². The van der Waals surface area contributed by atoms with E-state index in [-0.39, 0.29) is 19.3 Å². The first-order valence-electron chi connectivity index (χ1n) is 10.2. The minimum absolute atomic E-state index is 0.00743. The van der Waals surface area contributed by atoms with E-state index in [1.807, 2.05) is 0 Å². The number of carboxylic acid groups (broad SMARTS) is 2. The Morgan fingerprint density at radius 3 is 1.91 bits per heavy atom. The number of thioether (sulfide) groups is 1. The molecule has 0 aliphatic rings. The van der Waals surface area contributed by atoms with Gasteiger partial charge in [0.15, 0.2) is 0 Å². The summed E-state index contributed by atoms with van der Waals surface area (Å²) >= 11 is 1.38. The Hall–Kier alpha value is -2.87. The molecule has 4 atom stereocenters. The van der Waals surface area contributed by atoms with Crippen molar-refractivity contribution in [2.45, 2.75) is 63.7 Å². The van der Waals surface area contributed by atoms with Crippen molar-refractivity contribution in [3.05, 3.63) is 0 Å². The molecule has 0 aliphatic carbocycles. The zero-order valence-corrected chi connectivity index (χ0v) is 19.6. The van der Waals surface area contributed by atoms with E-state index in [1.165, 1.54) is 11.8 Å². The number of aliphatic carboxylic acids is 2. The molecule has 9 N–H and O–H groups in total. The third-order valence-corrected chi connectivity index (χ3v) is 5.17. The van der Waals surface area contributed by atoms with E-state index in [1.54, 1.807) is 20.1 Å². The molecule has 0 spiro atoms. The smallest absolute Gasteiger partial charge is 0.326 e. The lowest BCUT2D eigenvalue weighted by atomic mass is 10.0. The van der Waals surface area contributed by atoms with Crippen LogP contribution < -0.4 is 27.4 Å². The topological polar surface area (TPSA) is 231 Å². The largest absolute Gasteiger partial charge is 0.481 e. The summed E-state index contributed by atoms with van der Waals surface area (Å²) in [5.41, 5.74) is 10.8. The number of hydrogen-bond donors (Lipinski definition) is 7. The minimum atomic E-state index is -1.67. The Labute approximate surface area is 195 Å². The Balaban J connectivity index is 5.37. The molecule has 0 heterocycles. The van der Waals surface area contributed by atoms with Crippen LogP contribution in [0.4, 0.5) is 0 Å². The monoisotopic (exact) mass is 491 g/mol. The average molecular weight is 492 g/mol. The first-order chi connectivity index (χ1) is 15.3. The van der Waals surface area contributed by atoms with Crippen molar-refractivity contribution >= 4 is 47.3 Å². The highest BCUT2D eigenvalue weighted by atomic mass is 32.2. The van der Waals surface area contributed by atoms with Crippen molar-refractivity contribution in [3.63, 3.8) is 0 Å². The summed E-state index contributed by atoms with van der Waals surface area (Å²) in [5, 5.41) is 25.1. The van der Waals surface area contributed by atoms with Gasteiger partial charge in [0.25, 0.3) is 0 Å². The van der Waals surface area contributed by atoms with Gasteiger partial charge in [-0.3, -0.25) is 24.0 Å². The van der Waals surface area contributed by atoms with Gasteiger partial charge in [-0.15, -0.1) is 0 Å². The van der Waals surface area contributed by atoms with Gasteiger partial charge in [0.05, 0.1) is 12.5 Å². The van der Waals surface area contributed by atoms with Gasteiger partial charge in [-0.05, 0) is 30.8 Å². The van der Waals surface area contributed by atoms with Crippen LogP contribution in [0.15, 0.2) is 0 Å². The number of carbonyl (C=O) groups excluding carboxylic acids is 4. The Bertz CT molecular complexity index is 733. The molecule has 188 valence electrons. The Morgan fingerprint density at radius 1 is 0.879 bits per heavy atom. The van der Waals surface area contributed by atoms with Gasteiger partial charge in [0, 0.05) is 6.42 Å². The number of hydrogen-bond acceptors (Lipinski definition) is 8. The number of nitrogens with one attached hydrogen (secondary N) is 3. The fraction of sp³-hybridized carbons (Fsp3) is 0.684. The predicted molar refractivity (Wildman–Crippen MR) is 120 cm³/mol. The van der Waals surface area contributed by atoms with Crippen molar-refractivity contribution in [1.82, 2.24) is 16.0 Å². The second-order valence-electron chi connectivity index (χ2n) is 7.68. The molecule has 4 amide bonds. The van der Waals surface area contributed by atoms with Gasteiger partial charge in [-0.25, -0.2) is 4.79 Å². The molecule has 0 fully saturated rings. The van der Waals surface area contributed by atoms with Gasteiger partial charge >= 0.3 is 11.9 Å². The van der Waals surface area contributed by atoms with Crippen LogP contribution >= 0.6 is 11.8 Å². The van der Waals surface area contributed by atoms with Crippen LogP contribution in [0.25, 0.3) is 0 Å². The van der Waals surface area contributed by atoms with E-state index < -0.39 is 72.1 Å². The zero-order chi connectivity index (χ0) is 25.7. The number of nitrogens with two attached hydrogens (primary N) is 2. The molecule has 0 saturated carbocycles. The van der Waals surface area contributed by atoms with Crippen LogP contribution in [0.5, 0.6) is 0 Å². The van der Waals surface area contributed by atoms with Crippen molar-refractivity contribution in [2.24, 2.45) is 17.4 Å². The van der Waals surface area contributed by atoms with E-state index in [9.17, 15) is 28.8 Å². The third-order valence-electron chi connectivity index (χ3n) is 4.52. The number of rotatable bonds is 16. The summed E-state index contributed by atoms with van der Waals surface area (Å²) in [6, 6.07) is -4.99. The standard InChI is InChI=1S/C19H33N5O8S/c1-9(2)15(24-16(28)10(20)4-5-13(21)25)18(30)22-11(6-7-33-3)17(29)23-12(19(31)32)8-14(26)27/h9-12,15H,4-8,20H2,1-3H3,(H2,21,25)(H,22,30)(H,23,29)(H,24,28)(H,26,27)(H,31,32). The molecule has 0 aliphatic heterocycles. The van der Waals surface area contributed by atoms with Crippen LogP contribution in [0.2, 0.25) is 0 Å². The highest BCUT2D eigenvalue weighted by Gasteiger charge is 2.32. The average Bonchev–Trinajstić information content (AvgIpc) is 2.71. The fourth-order valence-electron chi connectivity index (χ4n) is 2.64. The second-order valence-corrected chi connectivity index (χ2v) is 8.67. The number of primary amides is 1. The predicted octanol–water partition coefficient (Wildman–Crippen LogP) is -2.00. The van der Waals surface area contributed by atoms with Gasteiger partial charge in [-0.1, -0.05) is 13.8 Å². The van der Waals surface area contributed by atoms with Gasteiger partial charge in [0.2, 0.25) is 23.6 Å². The number of carbonyl (C=O) groups is 6. The molecule has 0 aromatic rings. The molecule has 0 aromatic carbocycles. The van der Waals surface area contributed by atoms with E-state index in [4.69, 9.17) is 21.7 Å². The molecule has 0 saturated heterocycles. The highest BCUT2D eigenvalue weighted by Crippen LogP contribution is 2.07. The van der Waals surface area contributed by atoms with Crippen LogP contribution in [0.1, 0.15) is 39.5 Å². The van der Waals surface area contributed by atoms with Crippen molar-refractivity contribution in [1.29, 1.82) is 0 Å². The van der Waals surface area contributed by atoms with E-state index in [0.717, 1.165) is 0 Å². The molecule has 13 nitrogen and oxygen atoms in total. The third kappa shape index (κ3) is 12.1. The van der Waals surface area contributed by atoms with Crippen molar-refractivity contribution in [2.75, 3.05) is 12.0 Å². The van der Waals surface area contributed by atoms with Gasteiger partial charge in [0.1, 0.15) is 18.1 Å². The summed E-state index contributed by atoms with van der Waals surface area (Å²) < 4.78 is 0. The maximum atomic E-state index is 12.8. The maximum Gasteiger partial charge on any atom is 0.326 e. The lowest BCUT2D eigenvalue weighted by Crippen LogP contribution is -2.58. The SMILES string of the molecule is CSCCC(NC(=O)C(NC(=O)C(N)CCC(N)=O)C(C)C)C(=O)NC(CC(=O)O)C(=O)O. The normalized spacial score (nSPS) is 14.5. The fourth-order valence-corrected chi connectivity index (χ4v) is 3.11. The van der Waals surface area contributed by atoms with Crippen LogP contribution in [-0.2, 0) is 28.8 Å². The lowest BCUT2D eigenvalue weighted by Gasteiger charge is -2.26. The Kier molecular flexibility index (Phi) is 13.7. The molecule has 0 radical (unpaired) electrons. The van der Waals surface area contributed by atoms with Crippen LogP contribution in [0, 0.1) is 5.92 Å². The summed E-state index contributed by atoms with van der Waals surface area (Å²) in [5.74, 6) is -5.78. The summed E-state index contributed by atoms with van der Waals surface area (Å²) in [7, 11) is 0. The first-order valence-corrected chi connectivity index (χ1v) is 11.6. The Morgan fingerprint density at radius 2 is 1.45 bits per heavy atom. The van der Waals surface area contributed by atoms with E-state index in [2.05, 4.69) is 16.0 Å². The molecule has 0 bridgehead atoms. The zero-order valence-electron chi connectivity index (χ0n) is 18.8. The molecule has 0 rings (SSSR count). The first kappa shape index (κ1) is 30.1. The number of carboxylic acids is 2. The molecular weight excluding hydrogens is 458 g/mol. The summed E-state index contributed by atoms with van der Waals surface area (Å²) in [4.78, 5) is 70.8. The van der Waals surface area contributed by atoms with Gasteiger partial charge in [-0.2, -0.15) is 11.8 Å². The molecule has 14 heteroatoms. The van der Waals surface area contributed by atoms with Crippen LogP contribution in [-0.4, -0.2) is 82.0 Å². The highest BCUT2D eigenvalue weighted by molar-refractivity contribution is 7.98. The number of amides is 4. The molecule has 33 heavy (non-hydrogen) atoms. The quantitative estimate of drug-likeness (QED) is 0.125. The summed E-state index contributed by atoms with van der Waals surface area (Å²) in [6.07, 6.45) is 0.955. The van der Waals surface area contributed by atoms with E-state index >= 15 is 0 Å².